The first kappa shape index (κ1) is 18.4. The first-order chi connectivity index (χ1) is 13.6. The second-order valence-electron chi connectivity index (χ2n) is 6.61. The molecule has 1 aliphatic heterocycles. The third kappa shape index (κ3) is 3.71. The van der Waals surface area contributed by atoms with Crippen molar-refractivity contribution in [3.8, 4) is 5.69 Å². The maximum absolute atomic E-state index is 13.0. The lowest BCUT2D eigenvalue weighted by atomic mass is 10.2. The molecular formula is C21H19BrN4O2. The van der Waals surface area contributed by atoms with E-state index in [0.29, 0.717) is 16.9 Å². The highest BCUT2D eigenvalue weighted by atomic mass is 79.9. The average molecular weight is 439 g/mol. The van der Waals surface area contributed by atoms with Gasteiger partial charge in [-0.2, -0.15) is 5.10 Å². The molecule has 28 heavy (non-hydrogen) atoms. The molecule has 1 saturated heterocycles. The predicted molar refractivity (Wildman–Crippen MR) is 111 cm³/mol. The minimum absolute atomic E-state index is 0.106. The van der Waals surface area contributed by atoms with Gasteiger partial charge in [0.2, 0.25) is 0 Å². The van der Waals surface area contributed by atoms with Crippen molar-refractivity contribution in [3.63, 3.8) is 0 Å². The zero-order valence-corrected chi connectivity index (χ0v) is 16.7. The molecule has 1 fully saturated rings. The number of aromatic nitrogens is 2. The summed E-state index contributed by atoms with van der Waals surface area (Å²) in [7, 11) is 0. The van der Waals surface area contributed by atoms with Crippen molar-refractivity contribution in [1.29, 1.82) is 0 Å². The van der Waals surface area contributed by atoms with Crippen molar-refractivity contribution in [2.24, 2.45) is 0 Å². The van der Waals surface area contributed by atoms with Crippen LogP contribution >= 0.6 is 15.9 Å². The summed E-state index contributed by atoms with van der Waals surface area (Å²) < 4.78 is 2.49. The van der Waals surface area contributed by atoms with Gasteiger partial charge in [0.25, 0.3) is 11.8 Å². The molecule has 4 rings (SSSR count). The fourth-order valence-electron chi connectivity index (χ4n) is 3.26. The molecular weight excluding hydrogens is 420 g/mol. The van der Waals surface area contributed by atoms with Crippen LogP contribution in [0, 0.1) is 0 Å². The lowest BCUT2D eigenvalue weighted by Gasteiger charge is -2.16. The number of para-hydroxylation sites is 1. The van der Waals surface area contributed by atoms with E-state index in [2.05, 4.69) is 26.3 Å². The van der Waals surface area contributed by atoms with Crippen molar-refractivity contribution in [3.05, 3.63) is 76.4 Å². The van der Waals surface area contributed by atoms with E-state index in [1.54, 1.807) is 28.9 Å². The third-order valence-corrected chi connectivity index (χ3v) is 5.26. The molecule has 0 saturated carbocycles. The van der Waals surface area contributed by atoms with E-state index in [1.165, 1.54) is 6.20 Å². The Hall–Kier alpha value is -2.93. The lowest BCUT2D eigenvalue weighted by molar-refractivity contribution is 0.0794. The fourth-order valence-corrected chi connectivity index (χ4v) is 3.53. The Morgan fingerprint density at radius 1 is 0.964 bits per heavy atom. The first-order valence-electron chi connectivity index (χ1n) is 9.13. The van der Waals surface area contributed by atoms with Crippen LogP contribution in [-0.2, 0) is 0 Å². The SMILES string of the molecule is O=C(Nc1c(C(=O)N2CCCC2)cnn1-c1ccccc1)c1ccc(Br)cc1. The quantitative estimate of drug-likeness (QED) is 0.665. The number of halogens is 1. The summed E-state index contributed by atoms with van der Waals surface area (Å²) >= 11 is 3.37. The van der Waals surface area contributed by atoms with E-state index in [9.17, 15) is 9.59 Å². The van der Waals surface area contributed by atoms with E-state index in [1.807, 2.05) is 35.2 Å². The topological polar surface area (TPSA) is 67.2 Å². The zero-order chi connectivity index (χ0) is 19.5. The van der Waals surface area contributed by atoms with E-state index < -0.39 is 0 Å². The van der Waals surface area contributed by atoms with Crippen LogP contribution in [0.1, 0.15) is 33.6 Å². The van der Waals surface area contributed by atoms with Crippen LogP contribution < -0.4 is 5.32 Å². The predicted octanol–water partition coefficient (Wildman–Crippen LogP) is 4.12. The number of rotatable bonds is 4. The van der Waals surface area contributed by atoms with Gasteiger partial charge in [0.15, 0.2) is 0 Å². The average Bonchev–Trinajstić information content (AvgIpc) is 3.39. The molecule has 1 N–H and O–H groups in total. The van der Waals surface area contributed by atoms with Gasteiger partial charge < -0.3 is 10.2 Å². The Balaban J connectivity index is 1.71. The summed E-state index contributed by atoms with van der Waals surface area (Å²) in [5, 5.41) is 7.28. The standard InChI is InChI=1S/C21H19BrN4O2/c22-16-10-8-15(9-11-16)20(27)24-19-18(21(28)25-12-4-5-13-25)14-23-26(19)17-6-2-1-3-7-17/h1-3,6-11,14H,4-5,12-13H2,(H,24,27). The maximum atomic E-state index is 13.0. The number of hydrogen-bond acceptors (Lipinski definition) is 3. The van der Waals surface area contributed by atoms with Gasteiger partial charge in [0.1, 0.15) is 11.4 Å². The first-order valence-corrected chi connectivity index (χ1v) is 9.92. The van der Waals surface area contributed by atoms with Crippen molar-refractivity contribution in [2.45, 2.75) is 12.8 Å². The monoisotopic (exact) mass is 438 g/mol. The van der Waals surface area contributed by atoms with Crippen LogP contribution in [0.25, 0.3) is 5.69 Å². The van der Waals surface area contributed by atoms with Crippen LogP contribution in [-0.4, -0.2) is 39.6 Å². The van der Waals surface area contributed by atoms with Gasteiger partial charge in [-0.05, 0) is 49.2 Å². The normalized spacial score (nSPS) is 13.5. The highest BCUT2D eigenvalue weighted by Crippen LogP contribution is 2.24. The number of hydrogen-bond donors (Lipinski definition) is 1. The van der Waals surface area contributed by atoms with Crippen molar-refractivity contribution < 1.29 is 9.59 Å². The Bertz CT molecular complexity index is 993. The molecule has 2 heterocycles. The summed E-state index contributed by atoms with van der Waals surface area (Å²) in [4.78, 5) is 27.6. The van der Waals surface area contributed by atoms with Crippen LogP contribution in [0.2, 0.25) is 0 Å². The molecule has 0 bridgehead atoms. The summed E-state index contributed by atoms with van der Waals surface area (Å²) in [6.07, 6.45) is 3.53. The van der Waals surface area contributed by atoms with Crippen molar-refractivity contribution in [1.82, 2.24) is 14.7 Å². The molecule has 0 unspecified atom stereocenters. The minimum Gasteiger partial charge on any atom is -0.338 e. The van der Waals surface area contributed by atoms with Crippen LogP contribution in [0.15, 0.2) is 65.3 Å². The van der Waals surface area contributed by atoms with Crippen LogP contribution in [0.3, 0.4) is 0 Å². The molecule has 1 aromatic heterocycles. The van der Waals surface area contributed by atoms with E-state index in [-0.39, 0.29) is 11.8 Å². The van der Waals surface area contributed by atoms with Crippen molar-refractivity contribution >= 4 is 33.6 Å². The summed E-state index contributed by atoms with van der Waals surface area (Å²) in [6, 6.07) is 16.5. The number of likely N-dealkylation sites (tertiary alicyclic amines) is 1. The summed E-state index contributed by atoms with van der Waals surface area (Å²) in [6.45, 7) is 1.46. The number of benzene rings is 2. The molecule has 0 atom stereocenters. The van der Waals surface area contributed by atoms with Gasteiger partial charge in [-0.15, -0.1) is 0 Å². The highest BCUT2D eigenvalue weighted by Gasteiger charge is 2.26. The van der Waals surface area contributed by atoms with Gasteiger partial charge in [-0.3, -0.25) is 9.59 Å². The number of carbonyl (C=O) groups excluding carboxylic acids is 2. The molecule has 6 nitrogen and oxygen atoms in total. The lowest BCUT2D eigenvalue weighted by Crippen LogP contribution is -2.28. The largest absolute Gasteiger partial charge is 0.338 e. The van der Waals surface area contributed by atoms with E-state index in [0.717, 1.165) is 36.1 Å². The molecule has 0 aliphatic carbocycles. The number of nitrogens with one attached hydrogen (secondary N) is 1. The molecule has 142 valence electrons. The molecule has 1 aliphatic rings. The zero-order valence-electron chi connectivity index (χ0n) is 15.1. The van der Waals surface area contributed by atoms with Crippen LogP contribution in [0.4, 0.5) is 5.82 Å². The second-order valence-corrected chi connectivity index (χ2v) is 7.53. The number of anilines is 1. The molecule has 2 aromatic carbocycles. The van der Waals surface area contributed by atoms with Gasteiger partial charge in [-0.25, -0.2) is 4.68 Å². The third-order valence-electron chi connectivity index (χ3n) is 4.73. The number of amides is 2. The molecule has 0 radical (unpaired) electrons. The smallest absolute Gasteiger partial charge is 0.259 e. The summed E-state index contributed by atoms with van der Waals surface area (Å²) in [5.74, 6) is -0.0116. The molecule has 3 aromatic rings. The van der Waals surface area contributed by atoms with Crippen LogP contribution in [0.5, 0.6) is 0 Å². The second kappa shape index (κ2) is 7.98. The minimum atomic E-state index is -0.291. The van der Waals surface area contributed by atoms with Gasteiger partial charge in [0, 0.05) is 23.1 Å². The van der Waals surface area contributed by atoms with Gasteiger partial charge in [-0.1, -0.05) is 34.1 Å². The molecule has 2 amide bonds. The Kier molecular flexibility index (Phi) is 5.25. The Morgan fingerprint density at radius 2 is 1.64 bits per heavy atom. The number of nitrogens with zero attached hydrogens (tertiary/aromatic N) is 3. The van der Waals surface area contributed by atoms with Gasteiger partial charge in [0.05, 0.1) is 11.9 Å². The van der Waals surface area contributed by atoms with Crippen molar-refractivity contribution in [2.75, 3.05) is 18.4 Å². The molecule has 0 spiro atoms. The number of carbonyl (C=O) groups is 2. The molecule has 7 heteroatoms. The maximum Gasteiger partial charge on any atom is 0.259 e. The van der Waals surface area contributed by atoms with E-state index >= 15 is 0 Å². The Labute approximate surface area is 171 Å². The van der Waals surface area contributed by atoms with E-state index in [4.69, 9.17) is 0 Å². The summed E-state index contributed by atoms with van der Waals surface area (Å²) in [5.41, 5.74) is 1.67. The van der Waals surface area contributed by atoms with Gasteiger partial charge >= 0.3 is 0 Å². The highest BCUT2D eigenvalue weighted by molar-refractivity contribution is 9.10. The fraction of sp³-hybridized carbons (Fsp3) is 0.190. The Morgan fingerprint density at radius 3 is 2.32 bits per heavy atom.